The quantitative estimate of drug-likeness (QED) is 0.512. The highest BCUT2D eigenvalue weighted by Crippen LogP contribution is 2.24. The lowest BCUT2D eigenvalue weighted by atomic mass is 10.3. The summed E-state index contributed by atoms with van der Waals surface area (Å²) >= 11 is 0. The molecule has 0 saturated heterocycles. The normalized spacial score (nSPS) is 10.9. The van der Waals surface area contributed by atoms with Gasteiger partial charge in [-0.25, -0.2) is 24.3 Å². The van der Waals surface area contributed by atoms with E-state index in [0.717, 1.165) is 5.69 Å². The molecule has 4 rings (SSSR count). The Kier molecular flexibility index (Phi) is 4.56. The summed E-state index contributed by atoms with van der Waals surface area (Å²) in [4.78, 5) is 21.0. The van der Waals surface area contributed by atoms with Gasteiger partial charge in [0.25, 0.3) is 0 Å². The molecule has 0 bridgehead atoms. The summed E-state index contributed by atoms with van der Waals surface area (Å²) < 4.78 is 28.1. The highest BCUT2D eigenvalue weighted by molar-refractivity contribution is 5.73. The Balaban J connectivity index is 1.49. The Morgan fingerprint density at radius 2 is 1.89 bits per heavy atom. The van der Waals surface area contributed by atoms with Gasteiger partial charge in [0.15, 0.2) is 0 Å². The second kappa shape index (κ2) is 7.32. The number of fused-ring (bicyclic) bond motifs is 1. The van der Waals surface area contributed by atoms with Crippen LogP contribution in [-0.4, -0.2) is 31.8 Å². The van der Waals surface area contributed by atoms with Gasteiger partial charge in [0.1, 0.15) is 35.6 Å². The van der Waals surface area contributed by atoms with Crippen LogP contribution >= 0.6 is 0 Å². The lowest BCUT2D eigenvalue weighted by molar-refractivity contribution is 0.191. The summed E-state index contributed by atoms with van der Waals surface area (Å²) in [6, 6.07) is 6.83. The van der Waals surface area contributed by atoms with E-state index in [2.05, 4.69) is 24.9 Å². The van der Waals surface area contributed by atoms with E-state index < -0.39 is 6.86 Å². The second-order valence-electron chi connectivity index (χ2n) is 5.59. The van der Waals surface area contributed by atoms with E-state index >= 15 is 0 Å². The molecule has 0 aliphatic heterocycles. The second-order valence-corrected chi connectivity index (χ2v) is 5.59. The number of oxazole rings is 1. The van der Waals surface area contributed by atoms with Crippen molar-refractivity contribution in [2.75, 3.05) is 6.86 Å². The van der Waals surface area contributed by atoms with E-state index in [-0.39, 0.29) is 6.61 Å². The molecule has 0 fully saturated rings. The first kappa shape index (κ1) is 16.8. The number of ether oxygens (including phenoxy) is 2. The fourth-order valence-electron chi connectivity index (χ4n) is 2.37. The summed E-state index contributed by atoms with van der Waals surface area (Å²) in [7, 11) is 0. The van der Waals surface area contributed by atoms with Crippen molar-refractivity contribution in [1.82, 2.24) is 24.9 Å². The van der Waals surface area contributed by atoms with Crippen LogP contribution < -0.4 is 9.47 Å². The van der Waals surface area contributed by atoms with Crippen LogP contribution in [0, 0.1) is 6.92 Å². The van der Waals surface area contributed by atoms with Crippen LogP contribution in [0.2, 0.25) is 0 Å². The minimum Gasteiger partial charge on any atom is -0.486 e. The van der Waals surface area contributed by atoms with Gasteiger partial charge in [-0.05, 0) is 25.1 Å². The van der Waals surface area contributed by atoms with E-state index in [9.17, 15) is 4.39 Å². The van der Waals surface area contributed by atoms with Gasteiger partial charge < -0.3 is 13.9 Å². The molecular weight excluding hydrogens is 353 g/mol. The zero-order valence-corrected chi connectivity index (χ0v) is 14.3. The van der Waals surface area contributed by atoms with Crippen molar-refractivity contribution in [3.8, 4) is 23.1 Å². The number of hydrogen-bond acceptors (Lipinski definition) is 8. The van der Waals surface area contributed by atoms with Crippen LogP contribution in [-0.2, 0) is 6.61 Å². The Bertz CT molecular complexity index is 1070. The summed E-state index contributed by atoms with van der Waals surface area (Å²) in [6.45, 7) is 1.19. The number of aromatic nitrogens is 5. The fourth-order valence-corrected chi connectivity index (χ4v) is 2.37. The molecule has 0 amide bonds. The molecule has 0 saturated carbocycles. The third-order valence-electron chi connectivity index (χ3n) is 3.65. The maximum absolute atomic E-state index is 12.1. The van der Waals surface area contributed by atoms with E-state index in [1.807, 2.05) is 6.92 Å². The van der Waals surface area contributed by atoms with Gasteiger partial charge in [0, 0.05) is 11.8 Å². The third-order valence-corrected chi connectivity index (χ3v) is 3.65. The standard InChI is InChI=1S/C18H14FN5O3/c1-11-4-15(23-10-22-11)18-24-16-5-14(7-21-17(16)27-18)25-8-12-2-3-13(6-20-12)26-9-19/h2-7,10H,8-9H2,1H3. The molecule has 0 atom stereocenters. The van der Waals surface area contributed by atoms with E-state index in [0.29, 0.717) is 40.0 Å². The van der Waals surface area contributed by atoms with Crippen molar-refractivity contribution in [3.05, 3.63) is 54.4 Å². The molecule has 4 heterocycles. The van der Waals surface area contributed by atoms with Crippen molar-refractivity contribution in [2.24, 2.45) is 0 Å². The van der Waals surface area contributed by atoms with Crippen molar-refractivity contribution in [1.29, 1.82) is 0 Å². The predicted octanol–water partition coefficient (Wildman–Crippen LogP) is 3.27. The molecule has 0 radical (unpaired) electrons. The van der Waals surface area contributed by atoms with Crippen LogP contribution in [0.5, 0.6) is 11.5 Å². The maximum Gasteiger partial charge on any atom is 0.248 e. The summed E-state index contributed by atoms with van der Waals surface area (Å²) in [5.41, 5.74) is 3.01. The monoisotopic (exact) mass is 367 g/mol. The van der Waals surface area contributed by atoms with Gasteiger partial charge >= 0.3 is 0 Å². The average Bonchev–Trinajstić information content (AvgIpc) is 3.11. The molecule has 136 valence electrons. The summed E-state index contributed by atoms with van der Waals surface area (Å²) in [5.74, 6) is 1.25. The zero-order chi connectivity index (χ0) is 18.6. The first-order valence-electron chi connectivity index (χ1n) is 8.03. The minimum absolute atomic E-state index is 0.221. The highest BCUT2D eigenvalue weighted by Gasteiger charge is 2.12. The largest absolute Gasteiger partial charge is 0.486 e. The number of halogens is 1. The van der Waals surface area contributed by atoms with Crippen LogP contribution in [0.1, 0.15) is 11.4 Å². The minimum atomic E-state index is -0.891. The van der Waals surface area contributed by atoms with E-state index in [4.69, 9.17) is 13.9 Å². The molecule has 27 heavy (non-hydrogen) atoms. The summed E-state index contributed by atoms with van der Waals surface area (Å²) in [5, 5.41) is 0. The molecule has 0 aliphatic carbocycles. The molecule has 0 aliphatic rings. The molecule has 9 heteroatoms. The molecular formula is C18H14FN5O3. The smallest absolute Gasteiger partial charge is 0.248 e. The van der Waals surface area contributed by atoms with Gasteiger partial charge in [0.05, 0.1) is 18.1 Å². The first-order chi connectivity index (χ1) is 13.2. The van der Waals surface area contributed by atoms with Gasteiger partial charge in [-0.1, -0.05) is 0 Å². The number of alkyl halides is 1. The molecule has 0 aromatic carbocycles. The van der Waals surface area contributed by atoms with Crippen LogP contribution in [0.25, 0.3) is 22.8 Å². The van der Waals surface area contributed by atoms with E-state index in [1.54, 1.807) is 30.5 Å². The molecule has 0 unspecified atom stereocenters. The van der Waals surface area contributed by atoms with Crippen molar-refractivity contribution in [2.45, 2.75) is 13.5 Å². The average molecular weight is 367 g/mol. The Labute approximate surface area is 153 Å². The molecule has 4 aromatic heterocycles. The maximum atomic E-state index is 12.1. The molecule has 0 spiro atoms. The van der Waals surface area contributed by atoms with Crippen LogP contribution in [0.15, 0.2) is 47.4 Å². The lowest BCUT2D eigenvalue weighted by Crippen LogP contribution is -1.99. The number of pyridine rings is 2. The number of rotatable bonds is 6. The van der Waals surface area contributed by atoms with Gasteiger partial charge in [0.2, 0.25) is 18.5 Å². The third kappa shape index (κ3) is 3.81. The predicted molar refractivity (Wildman–Crippen MR) is 92.7 cm³/mol. The Morgan fingerprint density at radius 1 is 1.00 bits per heavy atom. The highest BCUT2D eigenvalue weighted by atomic mass is 19.1. The number of aryl methyl sites for hydroxylation is 1. The Morgan fingerprint density at radius 3 is 2.67 bits per heavy atom. The van der Waals surface area contributed by atoms with Crippen molar-refractivity contribution < 1.29 is 18.3 Å². The van der Waals surface area contributed by atoms with Crippen LogP contribution in [0.3, 0.4) is 0 Å². The summed E-state index contributed by atoms with van der Waals surface area (Å²) in [6.07, 6.45) is 4.44. The zero-order valence-electron chi connectivity index (χ0n) is 14.3. The molecule has 8 nitrogen and oxygen atoms in total. The van der Waals surface area contributed by atoms with Gasteiger partial charge in [-0.3, -0.25) is 4.98 Å². The lowest BCUT2D eigenvalue weighted by Gasteiger charge is -2.06. The topological polar surface area (TPSA) is 96.1 Å². The Hall–Kier alpha value is -3.62. The number of hydrogen-bond donors (Lipinski definition) is 0. The number of nitrogens with zero attached hydrogens (tertiary/aromatic N) is 5. The SMILES string of the molecule is Cc1cc(-c2nc3cc(OCc4ccc(OCF)cn4)cnc3o2)ncn1. The van der Waals surface area contributed by atoms with Crippen molar-refractivity contribution in [3.63, 3.8) is 0 Å². The van der Waals surface area contributed by atoms with Crippen molar-refractivity contribution >= 4 is 11.2 Å². The fraction of sp³-hybridized carbons (Fsp3) is 0.167. The molecule has 0 N–H and O–H groups in total. The molecule has 4 aromatic rings. The first-order valence-corrected chi connectivity index (χ1v) is 8.03. The van der Waals surface area contributed by atoms with E-state index in [1.165, 1.54) is 12.5 Å². The van der Waals surface area contributed by atoms with Gasteiger partial charge in [-0.15, -0.1) is 0 Å². The van der Waals surface area contributed by atoms with Crippen LogP contribution in [0.4, 0.5) is 4.39 Å². The van der Waals surface area contributed by atoms with Gasteiger partial charge in [-0.2, -0.15) is 0 Å².